The molecule has 0 atom stereocenters. The Morgan fingerprint density at radius 3 is 2.69 bits per heavy atom. The molecule has 0 heterocycles. The highest BCUT2D eigenvalue weighted by molar-refractivity contribution is 5.71. The van der Waals surface area contributed by atoms with E-state index in [-0.39, 0.29) is 0 Å². The van der Waals surface area contributed by atoms with Crippen LogP contribution in [0.5, 0.6) is 0 Å². The number of rotatable bonds is 4. The zero-order chi connectivity index (χ0) is 9.52. The molecule has 13 heavy (non-hydrogen) atoms. The van der Waals surface area contributed by atoms with E-state index < -0.39 is 0 Å². The third-order valence-electron chi connectivity index (χ3n) is 1.66. The highest BCUT2D eigenvalue weighted by Gasteiger charge is 1.87. The van der Waals surface area contributed by atoms with E-state index in [1.54, 1.807) is 13.1 Å². The lowest BCUT2D eigenvalue weighted by molar-refractivity contribution is -0.104. The summed E-state index contributed by atoms with van der Waals surface area (Å²) >= 11 is 0. The molecule has 0 aliphatic heterocycles. The third kappa shape index (κ3) is 3.56. The zero-order valence-electron chi connectivity index (χ0n) is 7.66. The lowest BCUT2D eigenvalue weighted by atomic mass is 10.2. The smallest absolute Gasteiger partial charge is 0.147 e. The first-order chi connectivity index (χ1) is 6.33. The minimum absolute atomic E-state index is 0.705. The first-order valence-corrected chi connectivity index (χ1v) is 4.22. The quantitative estimate of drug-likeness (QED) is 0.559. The van der Waals surface area contributed by atoms with E-state index in [9.17, 15) is 4.79 Å². The molecule has 0 saturated heterocycles. The van der Waals surface area contributed by atoms with Crippen molar-refractivity contribution in [2.24, 2.45) is 0 Å². The second-order valence-corrected chi connectivity index (χ2v) is 2.87. The minimum atomic E-state index is 0.705. The van der Waals surface area contributed by atoms with Gasteiger partial charge >= 0.3 is 0 Å². The maximum atomic E-state index is 10.2. The van der Waals surface area contributed by atoms with E-state index in [1.165, 1.54) is 5.56 Å². The number of hydrogen-bond acceptors (Lipinski definition) is 2. The van der Waals surface area contributed by atoms with E-state index >= 15 is 0 Å². The van der Waals surface area contributed by atoms with Crippen LogP contribution in [0.3, 0.4) is 0 Å². The molecule has 0 unspecified atom stereocenters. The molecule has 0 amide bonds. The Hall–Kier alpha value is -1.57. The molecule has 1 aromatic carbocycles. The van der Waals surface area contributed by atoms with Crippen molar-refractivity contribution < 1.29 is 4.79 Å². The number of allylic oxidation sites excluding steroid dienone is 1. The van der Waals surface area contributed by atoms with E-state index in [4.69, 9.17) is 0 Å². The number of carbonyl (C=O) groups is 1. The van der Waals surface area contributed by atoms with Gasteiger partial charge in [-0.1, -0.05) is 30.3 Å². The maximum absolute atomic E-state index is 10.2. The number of aldehydes is 1. The zero-order valence-corrected chi connectivity index (χ0v) is 7.66. The fraction of sp³-hybridized carbons (Fsp3) is 0.182. The van der Waals surface area contributed by atoms with Crippen LogP contribution in [0.4, 0.5) is 0 Å². The number of nitrogens with one attached hydrogen (secondary N) is 1. The first kappa shape index (κ1) is 9.52. The molecule has 1 N–H and O–H groups in total. The van der Waals surface area contributed by atoms with E-state index in [0.717, 1.165) is 12.8 Å². The SMILES string of the molecule is C/C(C=O)=C/NCc1ccccc1. The number of hydrogen-bond donors (Lipinski definition) is 1. The summed E-state index contributed by atoms with van der Waals surface area (Å²) in [5.74, 6) is 0. The first-order valence-electron chi connectivity index (χ1n) is 4.22. The summed E-state index contributed by atoms with van der Waals surface area (Å²) in [7, 11) is 0. The maximum Gasteiger partial charge on any atom is 0.147 e. The monoisotopic (exact) mass is 175 g/mol. The standard InChI is InChI=1S/C11H13NO/c1-10(9-13)7-12-8-11-5-3-2-4-6-11/h2-7,9,12H,8H2,1H3/b10-7-. The molecular formula is C11H13NO. The summed E-state index contributed by atoms with van der Waals surface area (Å²) < 4.78 is 0. The van der Waals surface area contributed by atoms with Gasteiger partial charge in [-0.05, 0) is 12.5 Å². The normalized spacial score (nSPS) is 11.0. The summed E-state index contributed by atoms with van der Waals surface area (Å²) in [6.45, 7) is 2.52. The molecule has 2 nitrogen and oxygen atoms in total. The van der Waals surface area contributed by atoms with Crippen molar-refractivity contribution in [3.8, 4) is 0 Å². The van der Waals surface area contributed by atoms with Gasteiger partial charge in [-0.3, -0.25) is 4.79 Å². The second kappa shape index (κ2) is 5.14. The predicted molar refractivity (Wildman–Crippen MR) is 53.1 cm³/mol. The molecule has 0 radical (unpaired) electrons. The van der Waals surface area contributed by atoms with Crippen molar-refractivity contribution in [3.63, 3.8) is 0 Å². The van der Waals surface area contributed by atoms with Crippen molar-refractivity contribution in [3.05, 3.63) is 47.7 Å². The van der Waals surface area contributed by atoms with Crippen molar-refractivity contribution in [2.45, 2.75) is 13.5 Å². The van der Waals surface area contributed by atoms with Crippen LogP contribution >= 0.6 is 0 Å². The van der Waals surface area contributed by atoms with E-state index in [2.05, 4.69) is 5.32 Å². The Morgan fingerprint density at radius 2 is 2.08 bits per heavy atom. The molecule has 1 aromatic rings. The van der Waals surface area contributed by atoms with Gasteiger partial charge in [0.1, 0.15) is 6.29 Å². The van der Waals surface area contributed by atoms with Gasteiger partial charge in [0.15, 0.2) is 0 Å². The Kier molecular flexibility index (Phi) is 3.76. The van der Waals surface area contributed by atoms with Crippen molar-refractivity contribution in [2.75, 3.05) is 0 Å². The summed E-state index contributed by atoms with van der Waals surface area (Å²) in [6, 6.07) is 10.0. The molecule has 0 saturated carbocycles. The van der Waals surface area contributed by atoms with Gasteiger partial charge in [0.25, 0.3) is 0 Å². The molecule has 68 valence electrons. The fourth-order valence-corrected chi connectivity index (χ4v) is 0.960. The summed E-state index contributed by atoms with van der Waals surface area (Å²) in [5, 5.41) is 3.06. The van der Waals surface area contributed by atoms with E-state index in [1.807, 2.05) is 30.3 Å². The molecule has 0 aliphatic rings. The topological polar surface area (TPSA) is 29.1 Å². The van der Waals surface area contributed by atoms with Gasteiger partial charge < -0.3 is 5.32 Å². The van der Waals surface area contributed by atoms with Gasteiger partial charge in [0.05, 0.1) is 0 Å². The van der Waals surface area contributed by atoms with Crippen LogP contribution in [0, 0.1) is 0 Å². The average Bonchev–Trinajstić information content (AvgIpc) is 2.19. The lowest BCUT2D eigenvalue weighted by Crippen LogP contribution is -2.05. The van der Waals surface area contributed by atoms with Crippen molar-refractivity contribution >= 4 is 6.29 Å². The van der Waals surface area contributed by atoms with Crippen LogP contribution in [0.15, 0.2) is 42.1 Å². The van der Waals surface area contributed by atoms with E-state index in [0.29, 0.717) is 5.57 Å². The van der Waals surface area contributed by atoms with Crippen molar-refractivity contribution in [1.29, 1.82) is 0 Å². The summed E-state index contributed by atoms with van der Waals surface area (Å²) in [5.41, 5.74) is 1.91. The second-order valence-electron chi connectivity index (χ2n) is 2.87. The highest BCUT2D eigenvalue weighted by Crippen LogP contribution is 1.97. The van der Waals surface area contributed by atoms with Crippen LogP contribution in [-0.4, -0.2) is 6.29 Å². The van der Waals surface area contributed by atoms with Crippen molar-refractivity contribution in [1.82, 2.24) is 5.32 Å². The molecular weight excluding hydrogens is 162 g/mol. The largest absolute Gasteiger partial charge is 0.387 e. The molecule has 1 rings (SSSR count). The lowest BCUT2D eigenvalue weighted by Gasteiger charge is -2.00. The van der Waals surface area contributed by atoms with Crippen LogP contribution in [0.25, 0.3) is 0 Å². The highest BCUT2D eigenvalue weighted by atomic mass is 16.1. The molecule has 0 aliphatic carbocycles. The predicted octanol–water partition coefficient (Wildman–Crippen LogP) is 1.88. The molecule has 2 heteroatoms. The minimum Gasteiger partial charge on any atom is -0.387 e. The molecule has 0 fully saturated rings. The fourth-order valence-electron chi connectivity index (χ4n) is 0.960. The summed E-state index contributed by atoms with van der Waals surface area (Å²) in [4.78, 5) is 10.2. The van der Waals surface area contributed by atoms with Gasteiger partial charge in [-0.15, -0.1) is 0 Å². The van der Waals surface area contributed by atoms with Crippen LogP contribution < -0.4 is 5.32 Å². The average molecular weight is 175 g/mol. The summed E-state index contributed by atoms with van der Waals surface area (Å²) in [6.07, 6.45) is 2.55. The van der Waals surface area contributed by atoms with Gasteiger partial charge in [0, 0.05) is 18.3 Å². The number of carbonyl (C=O) groups excluding carboxylic acids is 1. The molecule has 0 spiro atoms. The van der Waals surface area contributed by atoms with Gasteiger partial charge in [-0.2, -0.15) is 0 Å². The van der Waals surface area contributed by atoms with Gasteiger partial charge in [-0.25, -0.2) is 0 Å². The Labute approximate surface area is 78.3 Å². The van der Waals surface area contributed by atoms with Crippen LogP contribution in [0.2, 0.25) is 0 Å². The van der Waals surface area contributed by atoms with Crippen LogP contribution in [0.1, 0.15) is 12.5 Å². The van der Waals surface area contributed by atoms with Crippen LogP contribution in [-0.2, 0) is 11.3 Å². The number of benzene rings is 1. The third-order valence-corrected chi connectivity index (χ3v) is 1.66. The molecule has 0 aromatic heterocycles. The Balaban J connectivity index is 2.40. The Bertz CT molecular complexity index is 290. The van der Waals surface area contributed by atoms with Gasteiger partial charge in [0.2, 0.25) is 0 Å². The molecule has 0 bridgehead atoms. The Morgan fingerprint density at radius 1 is 1.38 bits per heavy atom.